The van der Waals surface area contributed by atoms with Gasteiger partial charge in [-0.25, -0.2) is 0 Å². The van der Waals surface area contributed by atoms with E-state index in [1.165, 1.54) is 4.90 Å². The molecular formula is C22H22BrN3O2S. The minimum absolute atomic E-state index is 0.0380. The molecule has 1 saturated heterocycles. The van der Waals surface area contributed by atoms with Crippen molar-refractivity contribution in [3.05, 3.63) is 63.6 Å². The van der Waals surface area contributed by atoms with Gasteiger partial charge in [-0.2, -0.15) is 0 Å². The molecule has 1 N–H and O–H groups in total. The fourth-order valence-corrected chi connectivity index (χ4v) is 4.07. The Morgan fingerprint density at radius 2 is 1.76 bits per heavy atom. The van der Waals surface area contributed by atoms with E-state index in [2.05, 4.69) is 35.1 Å². The Morgan fingerprint density at radius 1 is 1.10 bits per heavy atom. The molecule has 0 bridgehead atoms. The molecule has 1 heterocycles. The quantitative estimate of drug-likeness (QED) is 0.406. The van der Waals surface area contributed by atoms with Gasteiger partial charge >= 0.3 is 0 Å². The summed E-state index contributed by atoms with van der Waals surface area (Å²) < 4.78 is 0.872. The number of carbonyl (C=O) groups excluding carboxylic acids is 2. The molecule has 2 amide bonds. The Labute approximate surface area is 184 Å². The minimum atomic E-state index is -0.497. The van der Waals surface area contributed by atoms with Gasteiger partial charge in [0.1, 0.15) is 5.57 Å². The molecule has 2 aromatic carbocycles. The van der Waals surface area contributed by atoms with Gasteiger partial charge in [-0.1, -0.05) is 32.0 Å². The van der Waals surface area contributed by atoms with Crippen molar-refractivity contribution >= 4 is 62.5 Å². The lowest BCUT2D eigenvalue weighted by Crippen LogP contribution is -2.54. The molecule has 0 saturated carbocycles. The monoisotopic (exact) mass is 471 g/mol. The predicted octanol–water partition coefficient (Wildman–Crippen LogP) is 4.47. The molecule has 0 spiro atoms. The van der Waals surface area contributed by atoms with Gasteiger partial charge in [-0.05, 0) is 75.5 Å². The number of nitrogens with one attached hydrogen (secondary N) is 1. The average molecular weight is 472 g/mol. The van der Waals surface area contributed by atoms with Crippen LogP contribution >= 0.6 is 28.1 Å². The molecule has 150 valence electrons. The number of hydrogen-bond donors (Lipinski definition) is 1. The van der Waals surface area contributed by atoms with Crippen molar-refractivity contribution < 1.29 is 9.59 Å². The molecule has 0 radical (unpaired) electrons. The molecule has 1 fully saturated rings. The summed E-state index contributed by atoms with van der Waals surface area (Å²) in [6.07, 6.45) is 1.58. The first kappa shape index (κ1) is 21.2. The lowest BCUT2D eigenvalue weighted by Gasteiger charge is -2.29. The number of carbonyl (C=O) groups is 2. The average Bonchev–Trinajstić information content (AvgIpc) is 2.65. The zero-order chi connectivity index (χ0) is 21.3. The first-order valence-corrected chi connectivity index (χ1v) is 10.4. The molecule has 1 aliphatic rings. The van der Waals surface area contributed by atoms with Crippen LogP contribution in [0.4, 0.5) is 11.4 Å². The van der Waals surface area contributed by atoms with Crippen LogP contribution in [-0.4, -0.2) is 31.0 Å². The number of rotatable bonds is 4. The lowest BCUT2D eigenvalue weighted by molar-refractivity contribution is -0.122. The van der Waals surface area contributed by atoms with Gasteiger partial charge in [-0.3, -0.25) is 19.8 Å². The van der Waals surface area contributed by atoms with Crippen molar-refractivity contribution in [2.75, 3.05) is 23.9 Å². The van der Waals surface area contributed by atoms with Crippen LogP contribution in [0, 0.1) is 0 Å². The number of halogens is 1. The van der Waals surface area contributed by atoms with Crippen LogP contribution in [-0.2, 0) is 9.59 Å². The van der Waals surface area contributed by atoms with E-state index >= 15 is 0 Å². The van der Waals surface area contributed by atoms with Crippen molar-refractivity contribution in [1.29, 1.82) is 0 Å². The second-order valence-electron chi connectivity index (χ2n) is 7.31. The van der Waals surface area contributed by atoms with Gasteiger partial charge in [0, 0.05) is 18.6 Å². The second-order valence-corrected chi connectivity index (χ2v) is 8.55. The third-order valence-corrected chi connectivity index (χ3v) is 5.60. The highest BCUT2D eigenvalue weighted by atomic mass is 79.9. The molecule has 0 aromatic heterocycles. The predicted molar refractivity (Wildman–Crippen MR) is 125 cm³/mol. The second kappa shape index (κ2) is 8.47. The fraction of sp³-hybridized carbons (Fsp3) is 0.227. The molecule has 0 unspecified atom stereocenters. The van der Waals surface area contributed by atoms with Crippen LogP contribution in [0.3, 0.4) is 0 Å². The smallest absolute Gasteiger partial charge is 0.270 e. The number of nitrogens with zero attached hydrogens (tertiary/aromatic N) is 2. The number of thiocarbonyl (C=S) groups is 1. The van der Waals surface area contributed by atoms with E-state index in [4.69, 9.17) is 12.2 Å². The zero-order valence-electron chi connectivity index (χ0n) is 16.7. The van der Waals surface area contributed by atoms with Crippen LogP contribution in [0.1, 0.15) is 30.9 Å². The van der Waals surface area contributed by atoms with Gasteiger partial charge < -0.3 is 4.90 Å². The van der Waals surface area contributed by atoms with E-state index in [1.807, 2.05) is 61.5 Å². The minimum Gasteiger partial charge on any atom is -0.377 e. The summed E-state index contributed by atoms with van der Waals surface area (Å²) >= 11 is 8.80. The highest BCUT2D eigenvalue weighted by Gasteiger charge is 2.34. The molecule has 0 aliphatic carbocycles. The summed E-state index contributed by atoms with van der Waals surface area (Å²) in [5.74, 6) is -0.557. The van der Waals surface area contributed by atoms with Crippen molar-refractivity contribution in [2.45, 2.75) is 19.8 Å². The summed E-state index contributed by atoms with van der Waals surface area (Å²) in [4.78, 5) is 28.9. The van der Waals surface area contributed by atoms with Crippen LogP contribution in [0.25, 0.3) is 6.08 Å². The third-order valence-electron chi connectivity index (χ3n) is 4.68. The topological polar surface area (TPSA) is 52.7 Å². The van der Waals surface area contributed by atoms with Gasteiger partial charge in [0.2, 0.25) is 0 Å². The van der Waals surface area contributed by atoms with Gasteiger partial charge in [0.25, 0.3) is 11.8 Å². The first-order chi connectivity index (χ1) is 13.7. The maximum absolute atomic E-state index is 13.1. The van der Waals surface area contributed by atoms with E-state index in [9.17, 15) is 9.59 Å². The Morgan fingerprint density at radius 3 is 2.31 bits per heavy atom. The van der Waals surface area contributed by atoms with Gasteiger partial charge in [-0.15, -0.1) is 0 Å². The molecule has 29 heavy (non-hydrogen) atoms. The standard InChI is InChI=1S/C22H22BrN3O2S/c1-13(2)15-6-8-16(9-7-15)26-21(28)17(20(27)24-22(26)29)11-14-5-10-19(25(3)4)18(23)12-14/h5-13H,1-4H3,(H,24,27,29)/b17-11-. The molecule has 3 rings (SSSR count). The molecular weight excluding hydrogens is 450 g/mol. The Bertz CT molecular complexity index is 1010. The fourth-order valence-electron chi connectivity index (χ4n) is 3.04. The SMILES string of the molecule is CC(C)c1ccc(N2C(=O)/C(=C\c3ccc(N(C)C)c(Br)c3)C(=O)NC2=S)cc1. The molecule has 7 heteroatoms. The van der Waals surface area contributed by atoms with Gasteiger partial charge in [0.05, 0.1) is 11.4 Å². The maximum Gasteiger partial charge on any atom is 0.270 e. The van der Waals surface area contributed by atoms with Crippen LogP contribution in [0.2, 0.25) is 0 Å². The van der Waals surface area contributed by atoms with E-state index < -0.39 is 11.8 Å². The molecule has 2 aromatic rings. The van der Waals surface area contributed by atoms with Crippen LogP contribution in [0.5, 0.6) is 0 Å². The van der Waals surface area contributed by atoms with E-state index in [-0.39, 0.29) is 10.7 Å². The highest BCUT2D eigenvalue weighted by Crippen LogP contribution is 2.28. The largest absolute Gasteiger partial charge is 0.377 e. The van der Waals surface area contributed by atoms with Crippen LogP contribution < -0.4 is 15.1 Å². The van der Waals surface area contributed by atoms with Crippen LogP contribution in [0.15, 0.2) is 52.5 Å². The summed E-state index contributed by atoms with van der Waals surface area (Å²) in [7, 11) is 3.89. The molecule has 1 aliphatic heterocycles. The number of benzene rings is 2. The van der Waals surface area contributed by atoms with Crippen molar-refractivity contribution in [1.82, 2.24) is 5.32 Å². The van der Waals surface area contributed by atoms with E-state index in [0.29, 0.717) is 11.6 Å². The Kier molecular flexibility index (Phi) is 6.19. The summed E-state index contributed by atoms with van der Waals surface area (Å²) in [5.41, 5.74) is 3.56. The summed E-state index contributed by atoms with van der Waals surface area (Å²) in [6, 6.07) is 13.3. The summed E-state index contributed by atoms with van der Waals surface area (Å²) in [5, 5.41) is 2.70. The van der Waals surface area contributed by atoms with Crippen molar-refractivity contribution in [3.63, 3.8) is 0 Å². The van der Waals surface area contributed by atoms with Gasteiger partial charge in [0.15, 0.2) is 5.11 Å². The lowest BCUT2D eigenvalue weighted by atomic mass is 10.0. The number of hydrogen-bond acceptors (Lipinski definition) is 4. The zero-order valence-corrected chi connectivity index (χ0v) is 19.1. The Balaban J connectivity index is 1.96. The summed E-state index contributed by atoms with van der Waals surface area (Å²) in [6.45, 7) is 4.21. The van der Waals surface area contributed by atoms with Crippen molar-refractivity contribution in [2.24, 2.45) is 0 Å². The third kappa shape index (κ3) is 4.41. The van der Waals surface area contributed by atoms with E-state index in [1.54, 1.807) is 6.08 Å². The molecule has 5 nitrogen and oxygen atoms in total. The van der Waals surface area contributed by atoms with Crippen molar-refractivity contribution in [3.8, 4) is 0 Å². The first-order valence-electron chi connectivity index (χ1n) is 9.17. The highest BCUT2D eigenvalue weighted by molar-refractivity contribution is 9.10. The Hall–Kier alpha value is -2.51. The number of anilines is 2. The maximum atomic E-state index is 13.1. The van der Waals surface area contributed by atoms with E-state index in [0.717, 1.165) is 21.3 Å². The number of amides is 2. The molecule has 0 atom stereocenters. The normalized spacial score (nSPS) is 15.9.